The smallest absolute Gasteiger partial charge is 0.316 e. The molecule has 1 aromatic carbocycles. The summed E-state index contributed by atoms with van der Waals surface area (Å²) in [4.78, 5) is 24.4. The summed E-state index contributed by atoms with van der Waals surface area (Å²) in [6, 6.07) is 8.12. The molecule has 1 amide bonds. The van der Waals surface area contributed by atoms with Crippen LogP contribution in [0.25, 0.3) is 11.4 Å². The molecule has 0 atom stereocenters. The third kappa shape index (κ3) is 3.72. The molecule has 2 heterocycles. The number of anilines is 1. The minimum atomic E-state index is -0.402. The second-order valence-electron chi connectivity index (χ2n) is 4.78. The van der Waals surface area contributed by atoms with Gasteiger partial charge in [0.15, 0.2) is 5.13 Å². The van der Waals surface area contributed by atoms with Gasteiger partial charge in [0.1, 0.15) is 11.5 Å². The van der Waals surface area contributed by atoms with E-state index >= 15 is 0 Å². The Balaban J connectivity index is 1.69. The van der Waals surface area contributed by atoms with Crippen molar-refractivity contribution in [2.24, 2.45) is 0 Å². The number of nitrogens with zero attached hydrogens (tertiary/aromatic N) is 3. The van der Waals surface area contributed by atoms with Crippen LogP contribution >= 0.6 is 11.3 Å². The molecule has 2 aromatic heterocycles. The van der Waals surface area contributed by atoms with Crippen LogP contribution in [0.5, 0.6) is 6.01 Å². The van der Waals surface area contributed by atoms with E-state index in [0.717, 1.165) is 0 Å². The Kier molecular flexibility index (Phi) is 4.76. The number of carbonyl (C=O) groups excluding carboxylic acids is 1. The van der Waals surface area contributed by atoms with E-state index in [1.807, 2.05) is 0 Å². The second-order valence-corrected chi connectivity index (χ2v) is 5.64. The molecule has 0 aliphatic heterocycles. The van der Waals surface area contributed by atoms with Crippen molar-refractivity contribution in [2.75, 3.05) is 12.4 Å². The summed E-state index contributed by atoms with van der Waals surface area (Å²) in [5.41, 5.74) is 1.53. The molecular formula is C16H13FN4O2S. The van der Waals surface area contributed by atoms with E-state index in [1.54, 1.807) is 35.8 Å². The van der Waals surface area contributed by atoms with Crippen molar-refractivity contribution in [3.8, 4) is 17.4 Å². The van der Waals surface area contributed by atoms with Crippen molar-refractivity contribution in [3.63, 3.8) is 0 Å². The maximum absolute atomic E-state index is 13.6. The van der Waals surface area contributed by atoms with Gasteiger partial charge in [0.25, 0.3) is 0 Å². The molecule has 0 bridgehead atoms. The van der Waals surface area contributed by atoms with Gasteiger partial charge >= 0.3 is 6.01 Å². The standard InChI is InChI=1S/C16H13FN4O2S/c1-23-15-18-7-6-12(19-15)13-9-24-16(20-13)21-14(22)8-10-4-2-3-5-11(10)17/h2-7,9H,8H2,1H3,(H,20,21,22). The summed E-state index contributed by atoms with van der Waals surface area (Å²) in [7, 11) is 1.48. The summed E-state index contributed by atoms with van der Waals surface area (Å²) in [5.74, 6) is -0.734. The largest absolute Gasteiger partial charge is 0.467 e. The molecule has 0 saturated carbocycles. The molecule has 0 aliphatic carbocycles. The van der Waals surface area contributed by atoms with E-state index < -0.39 is 5.82 Å². The fourth-order valence-corrected chi connectivity index (χ4v) is 2.73. The zero-order chi connectivity index (χ0) is 16.9. The van der Waals surface area contributed by atoms with Crippen molar-refractivity contribution in [3.05, 3.63) is 53.3 Å². The van der Waals surface area contributed by atoms with E-state index in [4.69, 9.17) is 4.74 Å². The Bertz CT molecular complexity index is 869. The summed E-state index contributed by atoms with van der Waals surface area (Å²) in [6.45, 7) is 0. The molecule has 122 valence electrons. The van der Waals surface area contributed by atoms with E-state index in [9.17, 15) is 9.18 Å². The number of halogens is 1. The van der Waals surface area contributed by atoms with Crippen molar-refractivity contribution in [2.45, 2.75) is 6.42 Å². The van der Waals surface area contributed by atoms with Crippen LogP contribution in [-0.2, 0) is 11.2 Å². The summed E-state index contributed by atoms with van der Waals surface area (Å²) in [6.07, 6.45) is 1.51. The van der Waals surface area contributed by atoms with Gasteiger partial charge < -0.3 is 10.1 Å². The normalized spacial score (nSPS) is 10.4. The average Bonchev–Trinajstić information content (AvgIpc) is 3.05. The summed E-state index contributed by atoms with van der Waals surface area (Å²) < 4.78 is 18.5. The molecule has 0 spiro atoms. The van der Waals surface area contributed by atoms with E-state index in [0.29, 0.717) is 22.1 Å². The van der Waals surface area contributed by atoms with E-state index in [-0.39, 0.29) is 18.3 Å². The second kappa shape index (κ2) is 7.14. The first kappa shape index (κ1) is 16.0. The number of benzene rings is 1. The van der Waals surface area contributed by atoms with Gasteiger partial charge in [-0.15, -0.1) is 11.3 Å². The van der Waals surface area contributed by atoms with Crippen molar-refractivity contribution in [1.82, 2.24) is 15.0 Å². The summed E-state index contributed by atoms with van der Waals surface area (Å²) in [5, 5.41) is 4.85. The topological polar surface area (TPSA) is 77.0 Å². The minimum absolute atomic E-state index is 0.0527. The number of aromatic nitrogens is 3. The predicted octanol–water partition coefficient (Wildman–Crippen LogP) is 2.93. The number of thiazole rings is 1. The number of amides is 1. The zero-order valence-electron chi connectivity index (χ0n) is 12.7. The lowest BCUT2D eigenvalue weighted by atomic mass is 10.1. The van der Waals surface area contributed by atoms with Gasteiger partial charge in [0.05, 0.1) is 19.2 Å². The first-order valence-corrected chi connectivity index (χ1v) is 7.90. The van der Waals surface area contributed by atoms with Crippen LogP contribution in [-0.4, -0.2) is 28.0 Å². The van der Waals surface area contributed by atoms with Gasteiger partial charge in [-0.25, -0.2) is 14.4 Å². The number of carbonyl (C=O) groups is 1. The fraction of sp³-hybridized carbons (Fsp3) is 0.125. The van der Waals surface area contributed by atoms with Crippen LogP contribution in [0.4, 0.5) is 9.52 Å². The molecule has 0 radical (unpaired) electrons. The Morgan fingerprint density at radius 1 is 1.25 bits per heavy atom. The van der Waals surface area contributed by atoms with E-state index in [2.05, 4.69) is 20.3 Å². The molecule has 0 saturated heterocycles. The lowest BCUT2D eigenvalue weighted by Crippen LogP contribution is -2.15. The molecule has 0 fully saturated rings. The van der Waals surface area contributed by atoms with Gasteiger partial charge in [-0.2, -0.15) is 4.98 Å². The average molecular weight is 344 g/mol. The van der Waals surface area contributed by atoms with Crippen molar-refractivity contribution >= 4 is 22.4 Å². The predicted molar refractivity (Wildman–Crippen MR) is 88.4 cm³/mol. The van der Waals surface area contributed by atoms with Crippen LogP contribution in [0.15, 0.2) is 41.9 Å². The molecule has 0 unspecified atom stereocenters. The quantitative estimate of drug-likeness (QED) is 0.770. The van der Waals surface area contributed by atoms with Crippen LogP contribution in [0.3, 0.4) is 0 Å². The highest BCUT2D eigenvalue weighted by Crippen LogP contribution is 2.24. The molecule has 8 heteroatoms. The Labute approximate surface area is 141 Å². The molecule has 0 aliphatic rings. The number of methoxy groups -OCH3 is 1. The Morgan fingerprint density at radius 3 is 2.88 bits per heavy atom. The zero-order valence-corrected chi connectivity index (χ0v) is 13.5. The Morgan fingerprint density at radius 2 is 2.08 bits per heavy atom. The number of hydrogen-bond donors (Lipinski definition) is 1. The molecule has 6 nitrogen and oxygen atoms in total. The molecule has 3 rings (SSSR count). The highest BCUT2D eigenvalue weighted by molar-refractivity contribution is 7.14. The van der Waals surface area contributed by atoms with E-state index in [1.165, 1.54) is 24.5 Å². The molecule has 24 heavy (non-hydrogen) atoms. The van der Waals surface area contributed by atoms with Crippen LogP contribution < -0.4 is 10.1 Å². The summed E-state index contributed by atoms with van der Waals surface area (Å²) >= 11 is 1.26. The maximum atomic E-state index is 13.6. The lowest BCUT2D eigenvalue weighted by Gasteiger charge is -2.03. The van der Waals surface area contributed by atoms with Crippen LogP contribution in [0, 0.1) is 5.82 Å². The third-order valence-electron chi connectivity index (χ3n) is 3.14. The number of nitrogens with one attached hydrogen (secondary N) is 1. The maximum Gasteiger partial charge on any atom is 0.316 e. The molecule has 1 N–H and O–H groups in total. The Hall–Kier alpha value is -2.87. The van der Waals surface area contributed by atoms with Gasteiger partial charge in [-0.1, -0.05) is 18.2 Å². The number of ether oxygens (including phenoxy) is 1. The van der Waals surface area contributed by atoms with Crippen LogP contribution in [0.1, 0.15) is 5.56 Å². The van der Waals surface area contributed by atoms with Gasteiger partial charge in [-0.05, 0) is 17.7 Å². The fourth-order valence-electron chi connectivity index (χ4n) is 2.01. The minimum Gasteiger partial charge on any atom is -0.467 e. The number of rotatable bonds is 5. The SMILES string of the molecule is COc1nccc(-c2csc(NC(=O)Cc3ccccc3F)n2)n1. The highest BCUT2D eigenvalue weighted by Gasteiger charge is 2.12. The molecular weight excluding hydrogens is 331 g/mol. The lowest BCUT2D eigenvalue weighted by molar-refractivity contribution is -0.115. The molecule has 3 aromatic rings. The van der Waals surface area contributed by atoms with Gasteiger partial charge in [-0.3, -0.25) is 4.79 Å². The van der Waals surface area contributed by atoms with Gasteiger partial charge in [0.2, 0.25) is 5.91 Å². The first-order valence-electron chi connectivity index (χ1n) is 7.02. The third-order valence-corrected chi connectivity index (χ3v) is 3.90. The monoisotopic (exact) mass is 344 g/mol. The number of hydrogen-bond acceptors (Lipinski definition) is 6. The first-order chi connectivity index (χ1) is 11.7. The highest BCUT2D eigenvalue weighted by atomic mass is 32.1. The van der Waals surface area contributed by atoms with Crippen molar-refractivity contribution in [1.29, 1.82) is 0 Å². The van der Waals surface area contributed by atoms with Gasteiger partial charge in [0, 0.05) is 11.6 Å². The van der Waals surface area contributed by atoms with Crippen LogP contribution in [0.2, 0.25) is 0 Å². The van der Waals surface area contributed by atoms with Crippen molar-refractivity contribution < 1.29 is 13.9 Å².